The average Bonchev–Trinajstić information content (AvgIpc) is 2.27. The number of aliphatic imine (C=N–C) groups is 1. The molecule has 1 aromatic rings. The second-order valence-corrected chi connectivity index (χ2v) is 3.22. The van der Waals surface area contributed by atoms with Gasteiger partial charge in [0, 0.05) is 12.0 Å². The van der Waals surface area contributed by atoms with Gasteiger partial charge < -0.3 is 4.74 Å². The fourth-order valence-corrected chi connectivity index (χ4v) is 1.78. The number of benzene rings is 1. The van der Waals surface area contributed by atoms with Crippen LogP contribution in [0.4, 0.5) is 5.69 Å². The molecule has 0 amide bonds. The number of allylic oxidation sites excluding steroid dienone is 1. The highest BCUT2D eigenvalue weighted by atomic mass is 16.5. The summed E-state index contributed by atoms with van der Waals surface area (Å²) < 4.78 is 5.57. The first-order valence-corrected chi connectivity index (χ1v) is 4.75. The van der Waals surface area contributed by atoms with Gasteiger partial charge in [-0.1, -0.05) is 12.1 Å². The Morgan fingerprint density at radius 2 is 2.36 bits per heavy atom. The highest BCUT2D eigenvalue weighted by Gasteiger charge is 2.17. The highest BCUT2D eigenvalue weighted by Crippen LogP contribution is 2.39. The Hall–Kier alpha value is -1.57. The Morgan fingerprint density at radius 3 is 3.07 bits per heavy atom. The van der Waals surface area contributed by atoms with Crippen LogP contribution < -0.4 is 4.74 Å². The van der Waals surface area contributed by atoms with Gasteiger partial charge in [0.2, 0.25) is 0 Å². The van der Waals surface area contributed by atoms with Gasteiger partial charge in [-0.2, -0.15) is 0 Å². The predicted molar refractivity (Wildman–Crippen MR) is 59.4 cm³/mol. The van der Waals surface area contributed by atoms with Gasteiger partial charge in [0.15, 0.2) is 0 Å². The van der Waals surface area contributed by atoms with E-state index >= 15 is 0 Å². The second kappa shape index (κ2) is 3.66. The minimum atomic E-state index is 0.757. The first kappa shape index (κ1) is 9.00. The van der Waals surface area contributed by atoms with Crippen LogP contribution in [0.3, 0.4) is 0 Å². The van der Waals surface area contributed by atoms with Crippen molar-refractivity contribution in [3.05, 3.63) is 29.8 Å². The lowest BCUT2D eigenvalue weighted by Crippen LogP contribution is -2.07. The molecule has 0 saturated carbocycles. The monoisotopic (exact) mass is 187 g/mol. The molecular weight excluding hydrogens is 174 g/mol. The van der Waals surface area contributed by atoms with E-state index in [1.165, 1.54) is 5.57 Å². The van der Waals surface area contributed by atoms with Gasteiger partial charge in [-0.25, -0.2) is 0 Å². The van der Waals surface area contributed by atoms with E-state index in [4.69, 9.17) is 4.74 Å². The Balaban J connectivity index is 2.63. The van der Waals surface area contributed by atoms with Crippen LogP contribution in [0.25, 0.3) is 5.57 Å². The zero-order valence-corrected chi connectivity index (χ0v) is 8.29. The summed E-state index contributed by atoms with van der Waals surface area (Å²) in [6.45, 7) is 6.38. The molecule has 0 saturated heterocycles. The Bertz CT molecular complexity index is 393. The van der Waals surface area contributed by atoms with E-state index in [9.17, 15) is 0 Å². The molecule has 72 valence electrons. The van der Waals surface area contributed by atoms with Crippen molar-refractivity contribution in [1.82, 2.24) is 0 Å². The summed E-state index contributed by atoms with van der Waals surface area (Å²) in [5, 5.41) is 0. The SMILES string of the molecule is C=Nc1cccc2c1/C(=C\C)CCO2. The van der Waals surface area contributed by atoms with Crippen molar-refractivity contribution in [2.75, 3.05) is 6.61 Å². The van der Waals surface area contributed by atoms with Crippen LogP contribution in [0.1, 0.15) is 18.9 Å². The van der Waals surface area contributed by atoms with E-state index in [1.807, 2.05) is 25.1 Å². The molecule has 0 aromatic heterocycles. The number of fused-ring (bicyclic) bond motifs is 1. The Labute approximate surface area is 83.9 Å². The molecule has 2 nitrogen and oxygen atoms in total. The van der Waals surface area contributed by atoms with Gasteiger partial charge in [-0.05, 0) is 31.3 Å². The third kappa shape index (κ3) is 1.33. The summed E-state index contributed by atoms with van der Waals surface area (Å²) >= 11 is 0. The van der Waals surface area contributed by atoms with Crippen molar-refractivity contribution in [2.24, 2.45) is 4.99 Å². The number of ether oxygens (including phenoxy) is 1. The maximum atomic E-state index is 5.57. The molecule has 1 heterocycles. The van der Waals surface area contributed by atoms with E-state index in [2.05, 4.69) is 17.8 Å². The standard InChI is InChI=1S/C12H13NO/c1-3-9-7-8-14-11-6-4-5-10(13-2)12(9)11/h3-6H,2,7-8H2,1H3/b9-3-. The third-order valence-electron chi connectivity index (χ3n) is 2.47. The topological polar surface area (TPSA) is 21.6 Å². The Kier molecular flexibility index (Phi) is 2.35. The summed E-state index contributed by atoms with van der Waals surface area (Å²) in [6.07, 6.45) is 3.08. The van der Waals surface area contributed by atoms with Gasteiger partial charge in [-0.15, -0.1) is 0 Å². The quantitative estimate of drug-likeness (QED) is 0.618. The van der Waals surface area contributed by atoms with Crippen LogP contribution in [0.5, 0.6) is 5.75 Å². The van der Waals surface area contributed by atoms with Gasteiger partial charge in [-0.3, -0.25) is 4.99 Å². The molecule has 0 bridgehead atoms. The molecule has 0 unspecified atom stereocenters. The molecule has 1 aromatic carbocycles. The summed E-state index contributed by atoms with van der Waals surface area (Å²) in [4.78, 5) is 4.01. The van der Waals surface area contributed by atoms with Gasteiger partial charge in [0.05, 0.1) is 12.3 Å². The molecule has 0 N–H and O–H groups in total. The van der Waals surface area contributed by atoms with Crippen molar-refractivity contribution >= 4 is 18.0 Å². The fraction of sp³-hybridized carbons (Fsp3) is 0.250. The molecule has 14 heavy (non-hydrogen) atoms. The minimum Gasteiger partial charge on any atom is -0.493 e. The van der Waals surface area contributed by atoms with Crippen molar-refractivity contribution in [1.29, 1.82) is 0 Å². The molecule has 0 atom stereocenters. The van der Waals surface area contributed by atoms with Crippen molar-refractivity contribution < 1.29 is 4.74 Å². The van der Waals surface area contributed by atoms with E-state index < -0.39 is 0 Å². The van der Waals surface area contributed by atoms with Crippen molar-refractivity contribution in [3.63, 3.8) is 0 Å². The van der Waals surface area contributed by atoms with E-state index in [1.54, 1.807) is 0 Å². The zero-order valence-electron chi connectivity index (χ0n) is 8.29. The lowest BCUT2D eigenvalue weighted by Gasteiger charge is -2.21. The van der Waals surface area contributed by atoms with Crippen LogP contribution >= 0.6 is 0 Å². The van der Waals surface area contributed by atoms with Crippen molar-refractivity contribution in [2.45, 2.75) is 13.3 Å². The molecule has 2 rings (SSSR count). The average molecular weight is 187 g/mol. The first-order chi connectivity index (χ1) is 6.86. The third-order valence-corrected chi connectivity index (χ3v) is 2.47. The second-order valence-electron chi connectivity index (χ2n) is 3.22. The number of rotatable bonds is 1. The predicted octanol–water partition coefficient (Wildman–Crippen LogP) is 3.20. The maximum Gasteiger partial charge on any atom is 0.128 e. The Morgan fingerprint density at radius 1 is 1.50 bits per heavy atom. The lowest BCUT2D eigenvalue weighted by atomic mass is 9.98. The zero-order chi connectivity index (χ0) is 9.97. The largest absolute Gasteiger partial charge is 0.493 e. The maximum absolute atomic E-state index is 5.57. The lowest BCUT2D eigenvalue weighted by molar-refractivity contribution is 0.316. The van der Waals surface area contributed by atoms with Gasteiger partial charge in [0.25, 0.3) is 0 Å². The number of nitrogens with zero attached hydrogens (tertiary/aromatic N) is 1. The van der Waals surface area contributed by atoms with Crippen LogP contribution in [-0.2, 0) is 0 Å². The molecule has 0 aliphatic carbocycles. The minimum absolute atomic E-state index is 0.757. The number of hydrogen-bond donors (Lipinski definition) is 0. The van der Waals surface area contributed by atoms with E-state index in [0.717, 1.165) is 30.0 Å². The summed E-state index contributed by atoms with van der Waals surface area (Å²) in [5.74, 6) is 0.925. The van der Waals surface area contributed by atoms with Gasteiger partial charge >= 0.3 is 0 Å². The molecular formula is C12H13NO. The molecule has 0 spiro atoms. The van der Waals surface area contributed by atoms with Crippen LogP contribution in [-0.4, -0.2) is 13.3 Å². The normalized spacial score (nSPS) is 17.4. The van der Waals surface area contributed by atoms with Crippen LogP contribution in [0, 0.1) is 0 Å². The van der Waals surface area contributed by atoms with Crippen LogP contribution in [0.15, 0.2) is 29.3 Å². The molecule has 0 radical (unpaired) electrons. The van der Waals surface area contributed by atoms with E-state index in [0.29, 0.717) is 0 Å². The molecule has 1 aliphatic rings. The smallest absolute Gasteiger partial charge is 0.128 e. The fourth-order valence-electron chi connectivity index (χ4n) is 1.78. The molecule has 2 heteroatoms. The number of hydrogen-bond acceptors (Lipinski definition) is 2. The van der Waals surface area contributed by atoms with Gasteiger partial charge in [0.1, 0.15) is 5.75 Å². The van der Waals surface area contributed by atoms with E-state index in [-0.39, 0.29) is 0 Å². The van der Waals surface area contributed by atoms with Crippen molar-refractivity contribution in [3.8, 4) is 5.75 Å². The molecule has 1 aliphatic heterocycles. The van der Waals surface area contributed by atoms with Crippen LogP contribution in [0.2, 0.25) is 0 Å². The molecule has 0 fully saturated rings. The first-order valence-electron chi connectivity index (χ1n) is 4.75. The highest BCUT2D eigenvalue weighted by molar-refractivity contribution is 5.80. The summed E-state index contributed by atoms with van der Waals surface area (Å²) in [6, 6.07) is 5.89. The summed E-state index contributed by atoms with van der Waals surface area (Å²) in [5.41, 5.74) is 3.32. The summed E-state index contributed by atoms with van der Waals surface area (Å²) in [7, 11) is 0.